The third kappa shape index (κ3) is 2.83. The molecule has 0 saturated carbocycles. The van der Waals surface area contributed by atoms with Gasteiger partial charge in [-0.25, -0.2) is 13.6 Å². The Morgan fingerprint density at radius 2 is 1.88 bits per heavy atom. The zero-order valence-electron chi connectivity index (χ0n) is 9.16. The minimum absolute atomic E-state index is 0.0919. The van der Waals surface area contributed by atoms with E-state index in [1.807, 2.05) is 13.2 Å². The van der Waals surface area contributed by atoms with Crippen molar-refractivity contribution in [3.63, 3.8) is 0 Å². The second-order valence-corrected chi connectivity index (χ2v) is 5.16. The summed E-state index contributed by atoms with van der Waals surface area (Å²) < 4.78 is 23.8. The highest BCUT2D eigenvalue weighted by atomic mass is 32.2. The lowest BCUT2D eigenvalue weighted by molar-refractivity contribution is 0.598. The molecule has 2 rings (SSSR count). The number of nitrogens with two attached hydrogens (primary N) is 1. The van der Waals surface area contributed by atoms with Crippen molar-refractivity contribution in [3.8, 4) is 0 Å². The fourth-order valence-corrected chi connectivity index (χ4v) is 1.90. The van der Waals surface area contributed by atoms with Crippen LogP contribution in [0.4, 0.5) is 11.4 Å². The minimum atomic E-state index is -3.63. The van der Waals surface area contributed by atoms with E-state index in [0.717, 1.165) is 11.4 Å². The molecule has 0 aliphatic carbocycles. The molecule has 0 unspecified atom stereocenters. The number of hydrogen-bond donors (Lipinski definition) is 2. The number of sulfonamides is 1. The predicted molar refractivity (Wildman–Crippen MR) is 64.3 cm³/mol. The summed E-state index contributed by atoms with van der Waals surface area (Å²) in [5.41, 5.74) is 1.60. The molecule has 1 aromatic carbocycles. The van der Waals surface area contributed by atoms with Crippen LogP contribution in [0.25, 0.3) is 0 Å². The van der Waals surface area contributed by atoms with Gasteiger partial charge in [0.25, 0.3) is 0 Å². The molecule has 0 atom stereocenters. The van der Waals surface area contributed by atoms with Crippen LogP contribution in [0, 0.1) is 0 Å². The normalized spacial score (nSPS) is 11.4. The van der Waals surface area contributed by atoms with E-state index in [2.05, 4.69) is 10.4 Å². The largest absolute Gasteiger partial charge is 0.353 e. The highest BCUT2D eigenvalue weighted by molar-refractivity contribution is 7.89. The smallest absolute Gasteiger partial charge is 0.238 e. The molecule has 0 aliphatic rings. The first-order valence-electron chi connectivity index (χ1n) is 4.84. The van der Waals surface area contributed by atoms with Crippen molar-refractivity contribution < 1.29 is 8.42 Å². The summed E-state index contributed by atoms with van der Waals surface area (Å²) in [6.07, 6.45) is 3.49. The van der Waals surface area contributed by atoms with Crippen LogP contribution in [0.15, 0.2) is 41.6 Å². The number of aromatic nitrogens is 2. The molecule has 1 heterocycles. The van der Waals surface area contributed by atoms with Crippen LogP contribution in [0.1, 0.15) is 0 Å². The van der Waals surface area contributed by atoms with Crippen LogP contribution in [0.2, 0.25) is 0 Å². The molecule has 0 spiro atoms. The van der Waals surface area contributed by atoms with E-state index in [0.29, 0.717) is 0 Å². The van der Waals surface area contributed by atoms with E-state index >= 15 is 0 Å². The molecule has 0 saturated heterocycles. The van der Waals surface area contributed by atoms with Crippen molar-refractivity contribution in [2.45, 2.75) is 4.90 Å². The maximum atomic E-state index is 11.0. The highest BCUT2D eigenvalue weighted by Gasteiger charge is 2.06. The fourth-order valence-electron chi connectivity index (χ4n) is 1.38. The number of nitrogens with zero attached hydrogens (tertiary/aromatic N) is 2. The highest BCUT2D eigenvalue weighted by Crippen LogP contribution is 2.17. The van der Waals surface area contributed by atoms with Crippen molar-refractivity contribution >= 4 is 21.4 Å². The molecule has 2 aromatic rings. The monoisotopic (exact) mass is 252 g/mol. The van der Waals surface area contributed by atoms with Gasteiger partial charge in [0.05, 0.1) is 16.8 Å². The molecular formula is C10H12N4O2S. The number of nitrogens with one attached hydrogen (secondary N) is 1. The Balaban J connectivity index is 2.19. The Labute approximate surface area is 99.1 Å². The Kier molecular flexibility index (Phi) is 2.86. The third-order valence-electron chi connectivity index (χ3n) is 2.18. The summed E-state index contributed by atoms with van der Waals surface area (Å²) in [5, 5.41) is 12.1. The van der Waals surface area contributed by atoms with E-state index in [-0.39, 0.29) is 4.90 Å². The number of benzene rings is 1. The molecule has 7 heteroatoms. The van der Waals surface area contributed by atoms with Gasteiger partial charge in [-0.2, -0.15) is 5.10 Å². The molecule has 1 aromatic heterocycles. The second kappa shape index (κ2) is 4.19. The fraction of sp³-hybridized carbons (Fsp3) is 0.100. The zero-order valence-corrected chi connectivity index (χ0v) is 9.98. The Hall–Kier alpha value is -1.86. The summed E-state index contributed by atoms with van der Waals surface area (Å²) in [7, 11) is -1.82. The van der Waals surface area contributed by atoms with Crippen molar-refractivity contribution in [2.24, 2.45) is 12.2 Å². The van der Waals surface area contributed by atoms with Gasteiger partial charge in [-0.15, -0.1) is 0 Å². The second-order valence-electron chi connectivity index (χ2n) is 3.60. The quantitative estimate of drug-likeness (QED) is 0.845. The topological polar surface area (TPSA) is 90.0 Å². The maximum absolute atomic E-state index is 11.0. The summed E-state index contributed by atoms with van der Waals surface area (Å²) in [6.45, 7) is 0. The Bertz CT molecular complexity index is 616. The minimum Gasteiger partial charge on any atom is -0.353 e. The Morgan fingerprint density at radius 3 is 2.35 bits per heavy atom. The van der Waals surface area contributed by atoms with Gasteiger partial charge >= 0.3 is 0 Å². The van der Waals surface area contributed by atoms with Gasteiger partial charge in [-0.1, -0.05) is 0 Å². The predicted octanol–water partition coefficient (Wildman–Crippen LogP) is 0.811. The van der Waals surface area contributed by atoms with E-state index in [4.69, 9.17) is 5.14 Å². The van der Waals surface area contributed by atoms with Gasteiger partial charge in [-0.05, 0) is 24.3 Å². The summed E-state index contributed by atoms with van der Waals surface area (Å²) in [5.74, 6) is 0. The van der Waals surface area contributed by atoms with Gasteiger partial charge in [-0.3, -0.25) is 4.68 Å². The zero-order chi connectivity index (χ0) is 12.5. The van der Waals surface area contributed by atoms with Crippen LogP contribution < -0.4 is 10.5 Å². The van der Waals surface area contributed by atoms with Gasteiger partial charge in [0, 0.05) is 18.9 Å². The SMILES string of the molecule is Cn1cc(Nc2ccc(S(N)(=O)=O)cc2)cn1. The van der Waals surface area contributed by atoms with Crippen LogP contribution >= 0.6 is 0 Å². The van der Waals surface area contributed by atoms with Crippen molar-refractivity contribution in [1.29, 1.82) is 0 Å². The molecule has 3 N–H and O–H groups in total. The number of primary sulfonamides is 1. The third-order valence-corrected chi connectivity index (χ3v) is 3.11. The van der Waals surface area contributed by atoms with Crippen LogP contribution in [0.5, 0.6) is 0 Å². The molecule has 17 heavy (non-hydrogen) atoms. The number of hydrogen-bond acceptors (Lipinski definition) is 4. The number of anilines is 2. The summed E-state index contributed by atoms with van der Waals surface area (Å²) in [4.78, 5) is 0.0919. The molecule has 90 valence electrons. The van der Waals surface area contributed by atoms with E-state index in [1.165, 1.54) is 12.1 Å². The van der Waals surface area contributed by atoms with Gasteiger partial charge in [0.1, 0.15) is 0 Å². The summed E-state index contributed by atoms with van der Waals surface area (Å²) in [6, 6.07) is 6.20. The van der Waals surface area contributed by atoms with Crippen LogP contribution in [-0.4, -0.2) is 18.2 Å². The van der Waals surface area contributed by atoms with Crippen molar-refractivity contribution in [2.75, 3.05) is 5.32 Å². The van der Waals surface area contributed by atoms with E-state index in [1.54, 1.807) is 23.0 Å². The average molecular weight is 252 g/mol. The van der Waals surface area contributed by atoms with Crippen molar-refractivity contribution in [1.82, 2.24) is 9.78 Å². The summed E-state index contributed by atoms with van der Waals surface area (Å²) >= 11 is 0. The Morgan fingerprint density at radius 1 is 1.24 bits per heavy atom. The van der Waals surface area contributed by atoms with Crippen LogP contribution in [0.3, 0.4) is 0 Å². The first-order chi connectivity index (χ1) is 7.95. The lowest BCUT2D eigenvalue weighted by atomic mass is 10.3. The van der Waals surface area contributed by atoms with E-state index in [9.17, 15) is 8.42 Å². The molecule has 6 nitrogen and oxygen atoms in total. The maximum Gasteiger partial charge on any atom is 0.238 e. The molecule has 0 radical (unpaired) electrons. The van der Waals surface area contributed by atoms with Gasteiger partial charge < -0.3 is 5.32 Å². The van der Waals surface area contributed by atoms with Crippen molar-refractivity contribution in [3.05, 3.63) is 36.7 Å². The number of rotatable bonds is 3. The lowest BCUT2D eigenvalue weighted by Crippen LogP contribution is -2.11. The van der Waals surface area contributed by atoms with Crippen LogP contribution in [-0.2, 0) is 17.1 Å². The standard InChI is InChI=1S/C10H12N4O2S/c1-14-7-9(6-12-14)13-8-2-4-10(5-3-8)17(11,15)16/h2-7,13H,1H3,(H2,11,15,16). The van der Waals surface area contributed by atoms with Gasteiger partial charge in [0.15, 0.2) is 0 Å². The molecule has 0 aliphatic heterocycles. The first kappa shape index (κ1) is 11.6. The van der Waals surface area contributed by atoms with Gasteiger partial charge in [0.2, 0.25) is 10.0 Å². The molecular weight excluding hydrogens is 240 g/mol. The molecule has 0 amide bonds. The van der Waals surface area contributed by atoms with E-state index < -0.39 is 10.0 Å². The lowest BCUT2D eigenvalue weighted by Gasteiger charge is -2.04. The number of aryl methyl sites for hydroxylation is 1. The molecule has 0 bridgehead atoms. The first-order valence-corrected chi connectivity index (χ1v) is 6.38. The molecule has 0 fully saturated rings. The average Bonchev–Trinajstić information content (AvgIpc) is 2.63.